The Bertz CT molecular complexity index is 318. The number of hydrogen-bond donors (Lipinski definition) is 2. The Hall–Kier alpha value is -0.540. The van der Waals surface area contributed by atoms with E-state index in [1.807, 2.05) is 0 Å². The number of rotatable bonds is 1. The first kappa shape index (κ1) is 8.08. The smallest absolute Gasteiger partial charge is 0.116 e. The summed E-state index contributed by atoms with van der Waals surface area (Å²) in [4.78, 5) is 0. The summed E-state index contributed by atoms with van der Waals surface area (Å²) in [6.07, 6.45) is 1.57. The van der Waals surface area contributed by atoms with Gasteiger partial charge in [0.15, 0.2) is 0 Å². The molecule has 0 radical (unpaired) electrons. The molecular weight excluding hydrogens is 220 g/mol. The van der Waals surface area contributed by atoms with E-state index in [2.05, 4.69) is 15.9 Å². The number of hydrogen-bond acceptors (Lipinski definition) is 2. The molecule has 1 fully saturated rings. The number of aromatic hydroxyl groups is 1. The molecule has 2 rings (SSSR count). The molecule has 0 spiro atoms. The van der Waals surface area contributed by atoms with Crippen molar-refractivity contribution in [2.45, 2.75) is 18.4 Å². The lowest BCUT2D eigenvalue weighted by atomic mass is 10.1. The van der Waals surface area contributed by atoms with Crippen LogP contribution in [0.25, 0.3) is 0 Å². The first-order valence-electron chi connectivity index (χ1n) is 3.83. The minimum absolute atomic E-state index is 0.202. The van der Waals surface area contributed by atoms with Gasteiger partial charge in [0.1, 0.15) is 5.75 Å². The summed E-state index contributed by atoms with van der Waals surface area (Å²) in [6, 6.07) is 4.96. The summed E-state index contributed by atoms with van der Waals surface area (Å²) in [5, 5.41) is 19.0. The lowest BCUT2D eigenvalue weighted by molar-refractivity contribution is 0.150. The van der Waals surface area contributed by atoms with Crippen molar-refractivity contribution in [2.24, 2.45) is 0 Å². The molecule has 0 atom stereocenters. The third-order valence-electron chi connectivity index (χ3n) is 2.17. The van der Waals surface area contributed by atoms with Crippen LogP contribution in [0.4, 0.5) is 0 Å². The fraction of sp³-hybridized carbons (Fsp3) is 0.333. The van der Waals surface area contributed by atoms with E-state index in [0.29, 0.717) is 0 Å². The summed E-state index contributed by atoms with van der Waals surface area (Å²) in [6.45, 7) is 0. The van der Waals surface area contributed by atoms with Crippen molar-refractivity contribution in [3.05, 3.63) is 28.2 Å². The van der Waals surface area contributed by atoms with Crippen LogP contribution in [-0.2, 0) is 5.60 Å². The monoisotopic (exact) mass is 228 g/mol. The molecule has 12 heavy (non-hydrogen) atoms. The van der Waals surface area contributed by atoms with Gasteiger partial charge >= 0.3 is 0 Å². The minimum Gasteiger partial charge on any atom is -0.508 e. The Morgan fingerprint density at radius 1 is 1.33 bits per heavy atom. The van der Waals surface area contributed by atoms with Crippen LogP contribution in [0.5, 0.6) is 5.75 Å². The van der Waals surface area contributed by atoms with Crippen LogP contribution < -0.4 is 0 Å². The molecule has 0 bridgehead atoms. The fourth-order valence-corrected chi connectivity index (χ4v) is 1.87. The molecule has 0 saturated heterocycles. The summed E-state index contributed by atoms with van der Waals surface area (Å²) in [5.74, 6) is 0.202. The van der Waals surface area contributed by atoms with Crippen LogP contribution in [0, 0.1) is 0 Å². The van der Waals surface area contributed by atoms with Crippen LogP contribution >= 0.6 is 15.9 Å². The number of phenolic OH excluding ortho intramolecular Hbond substituents is 1. The van der Waals surface area contributed by atoms with Gasteiger partial charge in [0.05, 0.1) is 5.60 Å². The van der Waals surface area contributed by atoms with E-state index >= 15 is 0 Å². The molecule has 64 valence electrons. The summed E-state index contributed by atoms with van der Waals surface area (Å²) in [5.41, 5.74) is 0.111. The Balaban J connectivity index is 2.48. The normalized spacial score (nSPS) is 19.2. The Labute approximate surface area is 79.0 Å². The number of phenols is 1. The SMILES string of the molecule is Oc1ccc(Br)c(C2(O)CC2)c1. The molecule has 1 aromatic rings. The van der Waals surface area contributed by atoms with Gasteiger partial charge in [0.2, 0.25) is 0 Å². The third kappa shape index (κ3) is 1.23. The van der Waals surface area contributed by atoms with Crippen LogP contribution in [-0.4, -0.2) is 10.2 Å². The fourth-order valence-electron chi connectivity index (χ4n) is 1.26. The van der Waals surface area contributed by atoms with Gasteiger partial charge in [-0.15, -0.1) is 0 Å². The predicted molar refractivity (Wildman–Crippen MR) is 48.9 cm³/mol. The van der Waals surface area contributed by atoms with E-state index < -0.39 is 5.60 Å². The van der Waals surface area contributed by atoms with Gasteiger partial charge in [-0.3, -0.25) is 0 Å². The summed E-state index contributed by atoms with van der Waals surface area (Å²) < 4.78 is 0.861. The van der Waals surface area contributed by atoms with E-state index in [9.17, 15) is 10.2 Å². The molecule has 0 aromatic heterocycles. The number of benzene rings is 1. The Morgan fingerprint density at radius 3 is 2.58 bits per heavy atom. The van der Waals surface area contributed by atoms with Crippen molar-refractivity contribution >= 4 is 15.9 Å². The quantitative estimate of drug-likeness (QED) is 0.774. The summed E-state index contributed by atoms with van der Waals surface area (Å²) in [7, 11) is 0. The van der Waals surface area contributed by atoms with Crippen LogP contribution in [0.2, 0.25) is 0 Å². The maximum atomic E-state index is 9.76. The maximum absolute atomic E-state index is 9.76. The van der Waals surface area contributed by atoms with Gasteiger partial charge in [-0.05, 0) is 31.0 Å². The third-order valence-corrected chi connectivity index (χ3v) is 2.87. The molecule has 0 heterocycles. The highest BCUT2D eigenvalue weighted by Crippen LogP contribution is 2.48. The van der Waals surface area contributed by atoms with Crippen LogP contribution in [0.1, 0.15) is 18.4 Å². The number of halogens is 1. The first-order chi connectivity index (χ1) is 5.62. The predicted octanol–water partition coefficient (Wildman–Crippen LogP) is 2.14. The van der Waals surface area contributed by atoms with Crippen molar-refractivity contribution < 1.29 is 10.2 Å². The van der Waals surface area contributed by atoms with Crippen LogP contribution in [0.3, 0.4) is 0 Å². The van der Waals surface area contributed by atoms with Crippen LogP contribution in [0.15, 0.2) is 22.7 Å². The van der Waals surface area contributed by atoms with E-state index in [0.717, 1.165) is 22.9 Å². The van der Waals surface area contributed by atoms with E-state index in [4.69, 9.17) is 0 Å². The average molecular weight is 229 g/mol. The molecule has 0 aliphatic heterocycles. The summed E-state index contributed by atoms with van der Waals surface area (Å²) >= 11 is 3.34. The van der Waals surface area contributed by atoms with Crippen molar-refractivity contribution in [3.8, 4) is 5.75 Å². The van der Waals surface area contributed by atoms with Gasteiger partial charge < -0.3 is 10.2 Å². The van der Waals surface area contributed by atoms with Crippen molar-refractivity contribution in [1.82, 2.24) is 0 Å². The Kier molecular flexibility index (Phi) is 1.66. The van der Waals surface area contributed by atoms with Crippen molar-refractivity contribution in [3.63, 3.8) is 0 Å². The van der Waals surface area contributed by atoms with Gasteiger partial charge in [-0.25, -0.2) is 0 Å². The zero-order valence-electron chi connectivity index (χ0n) is 6.42. The molecule has 2 N–H and O–H groups in total. The van der Waals surface area contributed by atoms with E-state index in [-0.39, 0.29) is 5.75 Å². The second-order valence-electron chi connectivity index (χ2n) is 3.20. The topological polar surface area (TPSA) is 40.5 Å². The van der Waals surface area contributed by atoms with Gasteiger partial charge in [0, 0.05) is 10.0 Å². The lowest BCUT2D eigenvalue weighted by Gasteiger charge is -2.10. The Morgan fingerprint density at radius 2 is 2.00 bits per heavy atom. The van der Waals surface area contributed by atoms with Crippen molar-refractivity contribution in [1.29, 1.82) is 0 Å². The second-order valence-corrected chi connectivity index (χ2v) is 4.05. The second kappa shape index (κ2) is 2.47. The zero-order valence-corrected chi connectivity index (χ0v) is 8.00. The van der Waals surface area contributed by atoms with E-state index in [1.165, 1.54) is 0 Å². The molecule has 3 heteroatoms. The molecule has 0 amide bonds. The average Bonchev–Trinajstić information content (AvgIpc) is 2.75. The zero-order chi connectivity index (χ0) is 8.77. The minimum atomic E-state index is -0.683. The highest BCUT2D eigenvalue weighted by molar-refractivity contribution is 9.10. The molecule has 1 aromatic carbocycles. The molecule has 1 aliphatic carbocycles. The lowest BCUT2D eigenvalue weighted by Crippen LogP contribution is -2.04. The standard InChI is InChI=1S/C9H9BrO2/c10-8-2-1-6(11)5-7(8)9(12)3-4-9/h1-2,5,11-12H,3-4H2. The van der Waals surface area contributed by atoms with Gasteiger partial charge in [-0.1, -0.05) is 15.9 Å². The largest absolute Gasteiger partial charge is 0.508 e. The molecule has 2 nitrogen and oxygen atoms in total. The van der Waals surface area contributed by atoms with Gasteiger partial charge in [-0.2, -0.15) is 0 Å². The van der Waals surface area contributed by atoms with Crippen molar-refractivity contribution in [2.75, 3.05) is 0 Å². The molecular formula is C9H9BrO2. The molecule has 1 saturated carbocycles. The highest BCUT2D eigenvalue weighted by atomic mass is 79.9. The molecule has 0 unspecified atom stereocenters. The first-order valence-corrected chi connectivity index (χ1v) is 4.62. The van der Waals surface area contributed by atoms with E-state index in [1.54, 1.807) is 18.2 Å². The molecule has 1 aliphatic rings. The van der Waals surface area contributed by atoms with Gasteiger partial charge in [0.25, 0.3) is 0 Å². The maximum Gasteiger partial charge on any atom is 0.116 e. The number of aliphatic hydroxyl groups is 1. The highest BCUT2D eigenvalue weighted by Gasteiger charge is 2.43.